The Morgan fingerprint density at radius 3 is 2.71 bits per heavy atom. The van der Waals surface area contributed by atoms with Crippen LogP contribution in [0.1, 0.15) is 0 Å². The van der Waals surface area contributed by atoms with Gasteiger partial charge in [-0.3, -0.25) is 0 Å². The van der Waals surface area contributed by atoms with Crippen LogP contribution in [0.2, 0.25) is 0 Å². The van der Waals surface area contributed by atoms with Gasteiger partial charge in [-0.15, -0.1) is 0 Å². The number of nitrogen functional groups attached to an aromatic ring is 1. The molecule has 0 aliphatic rings. The normalized spacial score (nSPS) is 10.3. The number of nitrogens with two attached hydrogens (primary N) is 1. The Labute approximate surface area is 104 Å². The first kappa shape index (κ1) is 11.7. The van der Waals surface area contributed by atoms with Gasteiger partial charge in [0.15, 0.2) is 0 Å². The lowest BCUT2D eigenvalue weighted by Crippen LogP contribution is -2.01. The van der Waals surface area contributed by atoms with Gasteiger partial charge in [0, 0.05) is 12.3 Å². The van der Waals surface area contributed by atoms with Gasteiger partial charge in [0.2, 0.25) is 5.95 Å². The van der Waals surface area contributed by atoms with Gasteiger partial charge in [-0.25, -0.2) is 13.8 Å². The second-order valence-corrected chi connectivity index (χ2v) is 4.03. The number of anilines is 3. The summed E-state index contributed by atoms with van der Waals surface area (Å²) in [5.74, 6) is -1.02. The zero-order chi connectivity index (χ0) is 12.4. The van der Waals surface area contributed by atoms with Gasteiger partial charge in [0.25, 0.3) is 0 Å². The maximum Gasteiger partial charge on any atom is 0.229 e. The van der Waals surface area contributed by atoms with Gasteiger partial charge in [-0.05, 0) is 28.1 Å². The van der Waals surface area contributed by atoms with Crippen LogP contribution in [-0.2, 0) is 0 Å². The Balaban J connectivity index is 2.33. The van der Waals surface area contributed by atoms with Crippen molar-refractivity contribution in [3.05, 3.63) is 40.5 Å². The van der Waals surface area contributed by atoms with E-state index in [1.807, 2.05) is 0 Å². The highest BCUT2D eigenvalue weighted by Gasteiger charge is 2.09. The molecule has 3 N–H and O–H groups in total. The molecule has 1 aromatic heterocycles. The smallest absolute Gasteiger partial charge is 0.229 e. The predicted octanol–water partition coefficient (Wildman–Crippen LogP) is 2.84. The number of nitrogens with zero attached hydrogens (tertiary/aromatic N) is 2. The molecule has 0 spiro atoms. The summed E-state index contributed by atoms with van der Waals surface area (Å²) in [5, 5.41) is 2.61. The summed E-state index contributed by atoms with van der Waals surface area (Å²) in [6, 6.07) is 3.53. The van der Waals surface area contributed by atoms with E-state index in [4.69, 9.17) is 5.73 Å². The van der Waals surface area contributed by atoms with E-state index in [0.717, 1.165) is 6.07 Å². The molecule has 7 heteroatoms. The van der Waals surface area contributed by atoms with Gasteiger partial charge in [0.1, 0.15) is 17.5 Å². The van der Waals surface area contributed by atoms with Crippen LogP contribution >= 0.6 is 15.9 Å². The van der Waals surface area contributed by atoms with E-state index in [-0.39, 0.29) is 21.9 Å². The van der Waals surface area contributed by atoms with Gasteiger partial charge in [0.05, 0.1) is 10.2 Å². The highest BCUT2D eigenvalue weighted by Crippen LogP contribution is 2.25. The molecule has 17 heavy (non-hydrogen) atoms. The van der Waals surface area contributed by atoms with E-state index < -0.39 is 11.6 Å². The fraction of sp³-hybridized carbons (Fsp3) is 0. The Morgan fingerprint density at radius 2 is 2.00 bits per heavy atom. The van der Waals surface area contributed by atoms with E-state index in [1.165, 1.54) is 18.3 Å². The fourth-order valence-electron chi connectivity index (χ4n) is 1.17. The van der Waals surface area contributed by atoms with Crippen molar-refractivity contribution in [2.45, 2.75) is 0 Å². The van der Waals surface area contributed by atoms with Gasteiger partial charge in [-0.1, -0.05) is 0 Å². The molecule has 0 saturated carbocycles. The van der Waals surface area contributed by atoms with Crippen LogP contribution in [0.15, 0.2) is 28.9 Å². The predicted molar refractivity (Wildman–Crippen MR) is 63.8 cm³/mol. The minimum Gasteiger partial charge on any atom is -0.384 e. The van der Waals surface area contributed by atoms with Crippen LogP contribution < -0.4 is 11.1 Å². The van der Waals surface area contributed by atoms with Crippen molar-refractivity contribution >= 4 is 33.4 Å². The first-order valence-electron chi connectivity index (χ1n) is 4.56. The lowest BCUT2D eigenvalue weighted by molar-refractivity contribution is 0.581. The summed E-state index contributed by atoms with van der Waals surface area (Å²) < 4.78 is 26.5. The molecule has 0 bridgehead atoms. The molecular weight excluding hydrogens is 294 g/mol. The average Bonchev–Trinajstić information content (AvgIpc) is 2.26. The number of benzene rings is 1. The average molecular weight is 301 g/mol. The summed E-state index contributed by atoms with van der Waals surface area (Å²) in [6.45, 7) is 0. The second kappa shape index (κ2) is 4.62. The molecule has 88 valence electrons. The zero-order valence-corrected chi connectivity index (χ0v) is 10.0. The van der Waals surface area contributed by atoms with Crippen LogP contribution in [0, 0.1) is 11.6 Å². The maximum atomic E-state index is 13.4. The molecule has 0 aliphatic carbocycles. The molecule has 0 amide bonds. The largest absolute Gasteiger partial charge is 0.384 e. The summed E-state index contributed by atoms with van der Waals surface area (Å²) >= 11 is 2.96. The van der Waals surface area contributed by atoms with Crippen molar-refractivity contribution in [1.82, 2.24) is 9.97 Å². The monoisotopic (exact) mass is 300 g/mol. The van der Waals surface area contributed by atoms with Crippen molar-refractivity contribution < 1.29 is 8.78 Å². The molecular formula is C10H7BrF2N4. The van der Waals surface area contributed by atoms with Crippen LogP contribution in [0.25, 0.3) is 0 Å². The van der Waals surface area contributed by atoms with E-state index in [9.17, 15) is 8.78 Å². The van der Waals surface area contributed by atoms with Crippen molar-refractivity contribution in [3.63, 3.8) is 0 Å². The molecule has 0 fully saturated rings. The standard InChI is InChI=1S/C10H7BrF2N4/c11-5-3-8(7(13)4-6(5)12)16-10-15-2-1-9(14)17-10/h1-4H,(H3,14,15,16,17). The highest BCUT2D eigenvalue weighted by atomic mass is 79.9. The third kappa shape index (κ3) is 2.68. The topological polar surface area (TPSA) is 63.8 Å². The molecule has 1 heterocycles. The Hall–Kier alpha value is -1.76. The van der Waals surface area contributed by atoms with Crippen molar-refractivity contribution in [3.8, 4) is 0 Å². The summed E-state index contributed by atoms with van der Waals surface area (Å²) in [7, 11) is 0. The first-order valence-corrected chi connectivity index (χ1v) is 5.35. The number of aromatic nitrogens is 2. The van der Waals surface area contributed by atoms with Crippen molar-refractivity contribution in [2.75, 3.05) is 11.1 Å². The van der Waals surface area contributed by atoms with Gasteiger partial charge in [-0.2, -0.15) is 4.98 Å². The number of rotatable bonds is 2. The number of hydrogen-bond donors (Lipinski definition) is 2. The first-order chi connectivity index (χ1) is 8.06. The molecule has 0 aliphatic heterocycles. The van der Waals surface area contributed by atoms with Crippen LogP contribution in [0.5, 0.6) is 0 Å². The van der Waals surface area contributed by atoms with Gasteiger partial charge >= 0.3 is 0 Å². The minimum atomic E-state index is -0.739. The van der Waals surface area contributed by atoms with Crippen molar-refractivity contribution in [1.29, 1.82) is 0 Å². The summed E-state index contributed by atoms with van der Waals surface area (Å²) in [4.78, 5) is 7.69. The lowest BCUT2D eigenvalue weighted by atomic mass is 10.3. The SMILES string of the molecule is Nc1ccnc(Nc2cc(Br)c(F)cc2F)n1. The number of nitrogens with one attached hydrogen (secondary N) is 1. The third-order valence-electron chi connectivity index (χ3n) is 1.93. The Morgan fingerprint density at radius 1 is 1.24 bits per heavy atom. The molecule has 2 aromatic rings. The molecule has 1 aromatic carbocycles. The van der Waals surface area contributed by atoms with E-state index in [0.29, 0.717) is 0 Å². The Bertz CT molecular complexity index is 562. The van der Waals surface area contributed by atoms with E-state index in [2.05, 4.69) is 31.2 Å². The molecule has 4 nitrogen and oxygen atoms in total. The fourth-order valence-corrected chi connectivity index (χ4v) is 1.52. The number of hydrogen-bond acceptors (Lipinski definition) is 4. The summed E-state index contributed by atoms with van der Waals surface area (Å²) in [6.07, 6.45) is 1.43. The Kier molecular flexibility index (Phi) is 3.19. The third-order valence-corrected chi connectivity index (χ3v) is 2.54. The highest BCUT2D eigenvalue weighted by molar-refractivity contribution is 9.10. The lowest BCUT2D eigenvalue weighted by Gasteiger charge is -2.07. The molecule has 0 atom stereocenters. The number of halogens is 3. The molecule has 0 unspecified atom stereocenters. The quantitative estimate of drug-likeness (QED) is 0.837. The van der Waals surface area contributed by atoms with Crippen LogP contribution in [0.3, 0.4) is 0 Å². The van der Waals surface area contributed by atoms with Gasteiger partial charge < -0.3 is 11.1 Å². The molecule has 0 radical (unpaired) electrons. The van der Waals surface area contributed by atoms with E-state index in [1.54, 1.807) is 0 Å². The molecule has 0 saturated heterocycles. The zero-order valence-electron chi connectivity index (χ0n) is 8.42. The van der Waals surface area contributed by atoms with E-state index >= 15 is 0 Å². The van der Waals surface area contributed by atoms with Crippen LogP contribution in [0.4, 0.5) is 26.2 Å². The molecule has 2 rings (SSSR count). The minimum absolute atomic E-state index is 0.0591. The van der Waals surface area contributed by atoms with Crippen LogP contribution in [-0.4, -0.2) is 9.97 Å². The second-order valence-electron chi connectivity index (χ2n) is 3.18. The summed E-state index contributed by atoms with van der Waals surface area (Å²) in [5.41, 5.74) is 5.51. The maximum absolute atomic E-state index is 13.4. The van der Waals surface area contributed by atoms with Crippen molar-refractivity contribution in [2.24, 2.45) is 0 Å².